The van der Waals surface area contributed by atoms with Gasteiger partial charge < -0.3 is 10.2 Å². The normalized spacial score (nSPS) is 17.2. The number of fused-ring (bicyclic) bond motifs is 1. The molecule has 0 bridgehead atoms. The molecular weight excluding hydrogens is 361 g/mol. The van der Waals surface area contributed by atoms with Crippen LogP contribution in [0.25, 0.3) is 17.2 Å². The van der Waals surface area contributed by atoms with Crippen molar-refractivity contribution in [1.29, 1.82) is 0 Å². The number of imidazole rings is 1. The van der Waals surface area contributed by atoms with Crippen molar-refractivity contribution in [3.8, 4) is 11.5 Å². The van der Waals surface area contributed by atoms with Crippen molar-refractivity contribution in [2.75, 3.05) is 23.3 Å². The summed E-state index contributed by atoms with van der Waals surface area (Å²) in [5, 5.41) is 10.3. The summed E-state index contributed by atoms with van der Waals surface area (Å²) in [6.07, 6.45) is 8.33. The minimum Gasteiger partial charge on any atom is -0.365 e. The van der Waals surface area contributed by atoms with Gasteiger partial charge in [0.1, 0.15) is 29.3 Å². The molecular formula is C18H18FN9. The molecule has 5 rings (SSSR count). The second-order valence-corrected chi connectivity index (χ2v) is 6.72. The van der Waals surface area contributed by atoms with Crippen LogP contribution in [0.1, 0.15) is 12.8 Å². The van der Waals surface area contributed by atoms with E-state index in [1.165, 1.54) is 18.6 Å². The first-order chi connectivity index (χ1) is 13.8. The molecule has 0 aliphatic carbocycles. The third kappa shape index (κ3) is 3.13. The zero-order valence-electron chi connectivity index (χ0n) is 15.0. The third-order valence-electron chi connectivity index (χ3n) is 4.83. The van der Waals surface area contributed by atoms with Crippen LogP contribution in [-0.4, -0.2) is 53.7 Å². The maximum atomic E-state index is 13.6. The van der Waals surface area contributed by atoms with Gasteiger partial charge in [-0.1, -0.05) is 0 Å². The number of hydrogen-bond donors (Lipinski definition) is 2. The SMILES string of the molecule is Fc1ccc2ncc(-c3nccc(N[C@@H]4CCCN(c5ncn[nH]5)C4)n3)n2c1. The Labute approximate surface area is 159 Å². The van der Waals surface area contributed by atoms with Gasteiger partial charge in [-0.25, -0.2) is 24.4 Å². The molecule has 1 atom stereocenters. The minimum atomic E-state index is -0.337. The Morgan fingerprint density at radius 1 is 1.18 bits per heavy atom. The van der Waals surface area contributed by atoms with Crippen molar-refractivity contribution in [3.63, 3.8) is 0 Å². The first kappa shape index (κ1) is 16.6. The Kier molecular flexibility index (Phi) is 4.08. The van der Waals surface area contributed by atoms with Gasteiger partial charge in [0.05, 0.1) is 6.20 Å². The molecule has 0 radical (unpaired) electrons. The summed E-state index contributed by atoms with van der Waals surface area (Å²) >= 11 is 0. The summed E-state index contributed by atoms with van der Waals surface area (Å²) in [4.78, 5) is 19.7. The number of nitrogens with one attached hydrogen (secondary N) is 2. The smallest absolute Gasteiger partial charge is 0.221 e. The lowest BCUT2D eigenvalue weighted by atomic mass is 10.1. The fraction of sp³-hybridized carbons (Fsp3) is 0.278. The fourth-order valence-electron chi connectivity index (χ4n) is 3.53. The molecule has 4 aromatic heterocycles. The summed E-state index contributed by atoms with van der Waals surface area (Å²) in [5.41, 5.74) is 1.29. The Morgan fingerprint density at radius 2 is 2.14 bits per heavy atom. The highest BCUT2D eigenvalue weighted by atomic mass is 19.1. The van der Waals surface area contributed by atoms with Crippen molar-refractivity contribution >= 4 is 17.4 Å². The van der Waals surface area contributed by atoms with E-state index in [-0.39, 0.29) is 11.9 Å². The number of hydrogen-bond acceptors (Lipinski definition) is 7. The summed E-state index contributed by atoms with van der Waals surface area (Å²) in [5.74, 6) is 1.66. The molecule has 4 aromatic rings. The molecule has 28 heavy (non-hydrogen) atoms. The number of nitrogens with zero attached hydrogens (tertiary/aromatic N) is 7. The number of aromatic nitrogens is 7. The molecule has 0 spiro atoms. The van der Waals surface area contributed by atoms with Crippen LogP contribution in [0.3, 0.4) is 0 Å². The van der Waals surface area contributed by atoms with Gasteiger partial charge in [-0.2, -0.15) is 10.1 Å². The summed E-state index contributed by atoms with van der Waals surface area (Å²) in [6.45, 7) is 1.74. The lowest BCUT2D eigenvalue weighted by Gasteiger charge is -2.32. The van der Waals surface area contributed by atoms with Crippen molar-refractivity contribution in [2.24, 2.45) is 0 Å². The van der Waals surface area contributed by atoms with Crippen LogP contribution in [0.5, 0.6) is 0 Å². The van der Waals surface area contributed by atoms with Gasteiger partial charge in [0, 0.05) is 31.5 Å². The number of aromatic amines is 1. The monoisotopic (exact) mass is 379 g/mol. The molecule has 0 saturated carbocycles. The van der Waals surface area contributed by atoms with E-state index in [1.54, 1.807) is 22.9 Å². The maximum Gasteiger partial charge on any atom is 0.221 e. The standard InChI is InChI=1S/C18H18FN9/c19-12-3-4-16-21-8-14(28(16)9-12)17-20-6-5-15(25-17)24-13-2-1-7-27(10-13)18-22-11-23-26-18/h3-6,8-9,11,13H,1-2,7,10H2,(H,20,24,25)(H,22,23,26)/t13-/m1/s1. The number of rotatable bonds is 4. The van der Waals surface area contributed by atoms with Gasteiger partial charge in [0.15, 0.2) is 5.82 Å². The lowest BCUT2D eigenvalue weighted by molar-refractivity contribution is 0.522. The van der Waals surface area contributed by atoms with Crippen LogP contribution in [0.4, 0.5) is 16.2 Å². The van der Waals surface area contributed by atoms with Crippen molar-refractivity contribution in [1.82, 2.24) is 34.5 Å². The first-order valence-electron chi connectivity index (χ1n) is 9.09. The molecule has 0 unspecified atom stereocenters. The van der Waals surface area contributed by atoms with E-state index in [2.05, 4.69) is 40.3 Å². The van der Waals surface area contributed by atoms with Crippen LogP contribution in [0.2, 0.25) is 0 Å². The molecule has 2 N–H and O–H groups in total. The number of H-pyrrole nitrogens is 1. The Morgan fingerprint density at radius 3 is 3.04 bits per heavy atom. The highest BCUT2D eigenvalue weighted by Gasteiger charge is 2.22. The third-order valence-corrected chi connectivity index (χ3v) is 4.83. The van der Waals surface area contributed by atoms with Crippen molar-refractivity contribution in [2.45, 2.75) is 18.9 Å². The van der Waals surface area contributed by atoms with E-state index in [0.717, 1.165) is 37.7 Å². The van der Waals surface area contributed by atoms with Crippen LogP contribution in [0.15, 0.2) is 43.1 Å². The van der Waals surface area contributed by atoms with Gasteiger partial charge >= 0.3 is 0 Å². The van der Waals surface area contributed by atoms with E-state index in [4.69, 9.17) is 0 Å². The number of pyridine rings is 1. The van der Waals surface area contributed by atoms with Gasteiger partial charge in [-0.15, -0.1) is 0 Å². The second-order valence-electron chi connectivity index (χ2n) is 6.72. The summed E-state index contributed by atoms with van der Waals surface area (Å²) < 4.78 is 15.3. The minimum absolute atomic E-state index is 0.223. The molecule has 1 aliphatic rings. The van der Waals surface area contributed by atoms with Crippen LogP contribution >= 0.6 is 0 Å². The molecule has 1 aliphatic heterocycles. The maximum absolute atomic E-state index is 13.6. The Hall–Kier alpha value is -3.56. The Balaban J connectivity index is 1.38. The topological polar surface area (TPSA) is 99.9 Å². The molecule has 0 aromatic carbocycles. The highest BCUT2D eigenvalue weighted by Crippen LogP contribution is 2.21. The van der Waals surface area contributed by atoms with Crippen LogP contribution in [0, 0.1) is 5.82 Å². The zero-order chi connectivity index (χ0) is 18.9. The summed E-state index contributed by atoms with van der Waals surface area (Å²) in [6, 6.07) is 5.07. The quantitative estimate of drug-likeness (QED) is 0.560. The average molecular weight is 379 g/mol. The first-order valence-corrected chi connectivity index (χ1v) is 9.09. The van der Waals surface area contributed by atoms with E-state index in [9.17, 15) is 4.39 Å². The van der Waals surface area contributed by atoms with E-state index < -0.39 is 0 Å². The lowest BCUT2D eigenvalue weighted by Crippen LogP contribution is -2.42. The zero-order valence-corrected chi connectivity index (χ0v) is 15.0. The highest BCUT2D eigenvalue weighted by molar-refractivity contribution is 5.58. The number of piperidine rings is 1. The molecule has 9 nitrogen and oxygen atoms in total. The number of anilines is 2. The van der Waals surface area contributed by atoms with Gasteiger partial charge in [0.2, 0.25) is 5.95 Å². The molecule has 0 amide bonds. The predicted octanol–water partition coefficient (Wildman–Crippen LogP) is 2.13. The van der Waals surface area contributed by atoms with Crippen LogP contribution < -0.4 is 10.2 Å². The predicted molar refractivity (Wildman–Crippen MR) is 101 cm³/mol. The van der Waals surface area contributed by atoms with Gasteiger partial charge in [-0.05, 0) is 31.0 Å². The van der Waals surface area contributed by atoms with Gasteiger partial charge in [-0.3, -0.25) is 4.40 Å². The van der Waals surface area contributed by atoms with Gasteiger partial charge in [0.25, 0.3) is 0 Å². The number of halogens is 1. The Bertz CT molecular complexity index is 1090. The molecule has 1 saturated heterocycles. The molecule has 1 fully saturated rings. The molecule has 10 heteroatoms. The van der Waals surface area contributed by atoms with Crippen LogP contribution in [-0.2, 0) is 0 Å². The van der Waals surface area contributed by atoms with E-state index >= 15 is 0 Å². The summed E-state index contributed by atoms with van der Waals surface area (Å²) in [7, 11) is 0. The van der Waals surface area contributed by atoms with Crippen molar-refractivity contribution in [3.05, 3.63) is 48.9 Å². The molecule has 142 valence electrons. The fourth-order valence-corrected chi connectivity index (χ4v) is 3.53. The van der Waals surface area contributed by atoms with Crippen molar-refractivity contribution < 1.29 is 4.39 Å². The van der Waals surface area contributed by atoms with E-state index in [0.29, 0.717) is 17.2 Å². The second kappa shape index (κ2) is 6.87. The molecule has 5 heterocycles. The van der Waals surface area contributed by atoms with E-state index in [1.807, 2.05) is 6.07 Å². The largest absolute Gasteiger partial charge is 0.365 e. The average Bonchev–Trinajstić information content (AvgIpc) is 3.38.